The van der Waals surface area contributed by atoms with E-state index in [4.69, 9.17) is 0 Å². The van der Waals surface area contributed by atoms with Gasteiger partial charge in [-0.1, -0.05) is 12.1 Å². The van der Waals surface area contributed by atoms with E-state index in [0.29, 0.717) is 38.9 Å². The summed E-state index contributed by atoms with van der Waals surface area (Å²) in [6, 6.07) is 6.30. The number of amides is 1. The Hall–Kier alpha value is -3.86. The van der Waals surface area contributed by atoms with Crippen LogP contribution in [0.2, 0.25) is 0 Å². The SMILES string of the molecule is Cc1ccc(-c2csc(NC(=O)Cc3c(C)nc4cc(=O)[nH]n4c3C)n2)cc1[N+](=O)[O-]. The average molecular weight is 438 g/mol. The van der Waals surface area contributed by atoms with Gasteiger partial charge >= 0.3 is 0 Å². The van der Waals surface area contributed by atoms with Crippen molar-refractivity contribution >= 4 is 33.7 Å². The van der Waals surface area contributed by atoms with Crippen LogP contribution in [0.4, 0.5) is 10.8 Å². The largest absolute Gasteiger partial charge is 0.302 e. The number of nitrogens with zero attached hydrogens (tertiary/aromatic N) is 4. The average Bonchev–Trinajstić information content (AvgIpc) is 3.31. The highest BCUT2D eigenvalue weighted by Crippen LogP contribution is 2.29. The maximum Gasteiger partial charge on any atom is 0.272 e. The van der Waals surface area contributed by atoms with Crippen molar-refractivity contribution in [1.82, 2.24) is 19.6 Å². The molecule has 0 aliphatic carbocycles. The number of nitro groups is 1. The molecule has 1 amide bonds. The monoisotopic (exact) mass is 438 g/mol. The summed E-state index contributed by atoms with van der Waals surface area (Å²) >= 11 is 1.23. The van der Waals surface area contributed by atoms with Gasteiger partial charge in [-0.25, -0.2) is 14.5 Å². The number of H-pyrrole nitrogens is 1. The Labute approximate surface area is 179 Å². The molecule has 2 N–H and O–H groups in total. The number of thiazole rings is 1. The molecule has 0 spiro atoms. The van der Waals surface area contributed by atoms with Crippen LogP contribution >= 0.6 is 11.3 Å². The highest BCUT2D eigenvalue weighted by Gasteiger charge is 2.17. The summed E-state index contributed by atoms with van der Waals surface area (Å²) in [6.45, 7) is 5.28. The van der Waals surface area contributed by atoms with E-state index in [-0.39, 0.29) is 23.6 Å². The number of anilines is 1. The predicted molar refractivity (Wildman–Crippen MR) is 117 cm³/mol. The molecular formula is C20H18N6O4S. The van der Waals surface area contributed by atoms with Gasteiger partial charge in [-0.15, -0.1) is 11.3 Å². The molecule has 4 aromatic rings. The number of hydrogen-bond acceptors (Lipinski definition) is 7. The lowest BCUT2D eigenvalue weighted by molar-refractivity contribution is -0.385. The maximum absolute atomic E-state index is 12.6. The van der Waals surface area contributed by atoms with E-state index in [1.807, 2.05) is 6.92 Å². The molecule has 3 aromatic heterocycles. The van der Waals surface area contributed by atoms with Crippen LogP contribution in [0.1, 0.15) is 22.5 Å². The minimum absolute atomic E-state index is 0.0213. The first-order valence-corrected chi connectivity index (χ1v) is 10.2. The van der Waals surface area contributed by atoms with Crippen LogP contribution in [0.25, 0.3) is 16.9 Å². The van der Waals surface area contributed by atoms with Crippen LogP contribution in [0.5, 0.6) is 0 Å². The van der Waals surface area contributed by atoms with Crippen molar-refractivity contribution in [2.45, 2.75) is 27.2 Å². The first-order chi connectivity index (χ1) is 14.7. The number of benzene rings is 1. The topological polar surface area (TPSA) is 135 Å². The third-order valence-corrected chi connectivity index (χ3v) is 5.75. The highest BCUT2D eigenvalue weighted by atomic mass is 32.1. The van der Waals surface area contributed by atoms with Crippen LogP contribution in [-0.2, 0) is 11.2 Å². The van der Waals surface area contributed by atoms with Gasteiger partial charge in [-0.05, 0) is 20.8 Å². The van der Waals surface area contributed by atoms with Crippen molar-refractivity contribution in [2.24, 2.45) is 0 Å². The molecule has 4 rings (SSSR count). The standard InChI is InChI=1S/C20H18N6O4S/c1-10-4-5-13(6-16(10)26(29)30)15-9-31-20(22-15)23-18(27)7-14-11(2)21-17-8-19(28)24-25(17)12(14)3/h4-6,8-9H,7H2,1-3H3,(H,24,28)(H,22,23,27). The van der Waals surface area contributed by atoms with Gasteiger partial charge in [0.25, 0.3) is 11.2 Å². The predicted octanol–water partition coefficient (Wildman–Crippen LogP) is 3.16. The van der Waals surface area contributed by atoms with Crippen LogP contribution in [-0.4, -0.2) is 30.4 Å². The zero-order valence-electron chi connectivity index (χ0n) is 16.9. The van der Waals surface area contributed by atoms with Crippen LogP contribution < -0.4 is 10.9 Å². The summed E-state index contributed by atoms with van der Waals surface area (Å²) in [5.41, 5.74) is 4.08. The molecular weight excluding hydrogens is 420 g/mol. The molecule has 158 valence electrons. The smallest absolute Gasteiger partial charge is 0.272 e. The Kier molecular flexibility index (Phi) is 5.11. The fraction of sp³-hybridized carbons (Fsp3) is 0.200. The third-order valence-electron chi connectivity index (χ3n) is 4.99. The van der Waals surface area contributed by atoms with Gasteiger partial charge in [-0.3, -0.25) is 24.8 Å². The van der Waals surface area contributed by atoms with E-state index < -0.39 is 4.92 Å². The molecule has 1 aromatic carbocycles. The molecule has 0 unspecified atom stereocenters. The number of fused-ring (bicyclic) bond motifs is 1. The molecule has 0 atom stereocenters. The number of aromatic amines is 1. The van der Waals surface area contributed by atoms with E-state index in [9.17, 15) is 19.7 Å². The molecule has 0 saturated carbocycles. The zero-order valence-corrected chi connectivity index (χ0v) is 17.7. The number of carbonyl (C=O) groups is 1. The van der Waals surface area contributed by atoms with Crippen molar-refractivity contribution in [3.05, 3.63) is 72.6 Å². The molecule has 10 nitrogen and oxygen atoms in total. The first kappa shape index (κ1) is 20.4. The molecule has 0 fully saturated rings. The molecule has 0 aliphatic rings. The van der Waals surface area contributed by atoms with E-state index in [1.54, 1.807) is 35.9 Å². The van der Waals surface area contributed by atoms with Gasteiger partial charge in [-0.2, -0.15) is 0 Å². The Morgan fingerprint density at radius 2 is 2.03 bits per heavy atom. The lowest BCUT2D eigenvalue weighted by Crippen LogP contribution is -2.17. The van der Waals surface area contributed by atoms with E-state index >= 15 is 0 Å². The summed E-state index contributed by atoms with van der Waals surface area (Å²) in [5, 5.41) is 18.7. The van der Waals surface area contributed by atoms with Gasteiger partial charge < -0.3 is 5.32 Å². The van der Waals surface area contributed by atoms with Crippen LogP contribution in [0, 0.1) is 30.9 Å². The molecule has 3 heterocycles. The van der Waals surface area contributed by atoms with E-state index in [2.05, 4.69) is 20.4 Å². The van der Waals surface area contributed by atoms with Crippen molar-refractivity contribution in [1.29, 1.82) is 0 Å². The number of hydrogen-bond donors (Lipinski definition) is 2. The molecule has 0 bridgehead atoms. The normalized spacial score (nSPS) is 11.1. The van der Waals surface area contributed by atoms with Crippen molar-refractivity contribution in [2.75, 3.05) is 5.32 Å². The van der Waals surface area contributed by atoms with Crippen molar-refractivity contribution in [3.63, 3.8) is 0 Å². The summed E-state index contributed by atoms with van der Waals surface area (Å²) < 4.78 is 1.56. The van der Waals surface area contributed by atoms with Gasteiger partial charge in [0.15, 0.2) is 10.8 Å². The van der Waals surface area contributed by atoms with Gasteiger partial charge in [0.1, 0.15) is 0 Å². The number of rotatable bonds is 5. The van der Waals surface area contributed by atoms with Gasteiger partial charge in [0.2, 0.25) is 5.91 Å². The second-order valence-corrected chi connectivity index (χ2v) is 7.95. The van der Waals surface area contributed by atoms with Crippen LogP contribution in [0.15, 0.2) is 34.4 Å². The molecule has 0 saturated heterocycles. The summed E-state index contributed by atoms with van der Waals surface area (Å²) in [5.74, 6) is -0.280. The number of carbonyl (C=O) groups excluding carboxylic acids is 1. The number of aryl methyl sites for hydroxylation is 3. The lowest BCUT2D eigenvalue weighted by atomic mass is 10.1. The summed E-state index contributed by atoms with van der Waals surface area (Å²) in [4.78, 5) is 43.7. The lowest BCUT2D eigenvalue weighted by Gasteiger charge is -2.11. The second kappa shape index (κ2) is 7.76. The molecule has 31 heavy (non-hydrogen) atoms. The number of aromatic nitrogens is 4. The van der Waals surface area contributed by atoms with Gasteiger partial charge in [0, 0.05) is 45.6 Å². The fourth-order valence-corrected chi connectivity index (χ4v) is 4.10. The highest BCUT2D eigenvalue weighted by molar-refractivity contribution is 7.14. The van der Waals surface area contributed by atoms with Crippen LogP contribution in [0.3, 0.4) is 0 Å². The number of nitrogens with one attached hydrogen (secondary N) is 2. The zero-order chi connectivity index (χ0) is 22.3. The number of nitro benzene ring substituents is 1. The van der Waals surface area contributed by atoms with Crippen molar-refractivity contribution in [3.8, 4) is 11.3 Å². The first-order valence-electron chi connectivity index (χ1n) is 9.31. The Bertz CT molecular complexity index is 1400. The fourth-order valence-electron chi connectivity index (χ4n) is 3.36. The Balaban J connectivity index is 1.54. The molecule has 0 radical (unpaired) electrons. The summed E-state index contributed by atoms with van der Waals surface area (Å²) in [6.07, 6.45) is 0.0612. The minimum Gasteiger partial charge on any atom is -0.302 e. The maximum atomic E-state index is 12.6. The Morgan fingerprint density at radius 1 is 1.26 bits per heavy atom. The molecule has 0 aliphatic heterocycles. The van der Waals surface area contributed by atoms with E-state index in [0.717, 1.165) is 5.69 Å². The van der Waals surface area contributed by atoms with E-state index in [1.165, 1.54) is 23.5 Å². The minimum atomic E-state index is -0.429. The van der Waals surface area contributed by atoms with Gasteiger partial charge in [0.05, 0.1) is 17.0 Å². The Morgan fingerprint density at radius 3 is 2.77 bits per heavy atom. The van der Waals surface area contributed by atoms with Crippen molar-refractivity contribution < 1.29 is 9.72 Å². The quantitative estimate of drug-likeness (QED) is 0.363. The summed E-state index contributed by atoms with van der Waals surface area (Å²) in [7, 11) is 0. The third kappa shape index (κ3) is 3.94. The molecule has 11 heteroatoms. The second-order valence-electron chi connectivity index (χ2n) is 7.10.